The molecule has 0 bridgehead atoms. The number of thioether (sulfide) groups is 1. The van der Waals surface area contributed by atoms with E-state index in [1.807, 2.05) is 32.0 Å². The minimum absolute atomic E-state index is 0.0811. The number of aliphatic imine (C=N–C) groups is 2. The van der Waals surface area contributed by atoms with Gasteiger partial charge in [0, 0.05) is 37.2 Å². The summed E-state index contributed by atoms with van der Waals surface area (Å²) in [6, 6.07) is 12.3. The summed E-state index contributed by atoms with van der Waals surface area (Å²) in [4.78, 5) is 24.9. The van der Waals surface area contributed by atoms with Gasteiger partial charge < -0.3 is 10.2 Å². The maximum Gasteiger partial charge on any atom is 0.234 e. The van der Waals surface area contributed by atoms with Crippen LogP contribution in [0.2, 0.25) is 0 Å². The minimum Gasteiger partial charge on any atom is -0.325 e. The van der Waals surface area contributed by atoms with E-state index in [-0.39, 0.29) is 17.5 Å². The van der Waals surface area contributed by atoms with E-state index in [0.29, 0.717) is 0 Å². The Balaban J connectivity index is 1.51. The van der Waals surface area contributed by atoms with Crippen molar-refractivity contribution in [3.8, 4) is 0 Å². The molecule has 1 fully saturated rings. The Morgan fingerprint density at radius 3 is 2.52 bits per heavy atom. The second-order valence-corrected chi connectivity index (χ2v) is 9.29. The van der Waals surface area contributed by atoms with Crippen molar-refractivity contribution in [3.05, 3.63) is 65.0 Å². The molecule has 5 nitrogen and oxygen atoms in total. The van der Waals surface area contributed by atoms with Crippen molar-refractivity contribution in [1.82, 2.24) is 4.90 Å². The highest BCUT2D eigenvalue weighted by Gasteiger charge is 2.39. The van der Waals surface area contributed by atoms with Gasteiger partial charge in [-0.15, -0.1) is 0 Å². The van der Waals surface area contributed by atoms with Crippen LogP contribution >= 0.6 is 11.8 Å². The molecule has 4 rings (SSSR count). The van der Waals surface area contributed by atoms with Crippen molar-refractivity contribution < 1.29 is 9.18 Å². The van der Waals surface area contributed by atoms with Gasteiger partial charge in [0.25, 0.3) is 0 Å². The lowest BCUT2D eigenvalue weighted by atomic mass is 9.99. The quantitative estimate of drug-likeness (QED) is 0.768. The molecule has 1 spiro atoms. The molecule has 0 aliphatic carbocycles. The number of carbonyl (C=O) groups is 1. The predicted molar refractivity (Wildman–Crippen MR) is 127 cm³/mol. The second kappa shape index (κ2) is 8.93. The average molecular weight is 439 g/mol. The lowest BCUT2D eigenvalue weighted by Gasteiger charge is -2.33. The van der Waals surface area contributed by atoms with E-state index < -0.39 is 5.66 Å². The summed E-state index contributed by atoms with van der Waals surface area (Å²) in [6.45, 7) is 5.87. The number of amides is 1. The van der Waals surface area contributed by atoms with E-state index in [1.165, 1.54) is 23.9 Å². The number of hydrogen-bond acceptors (Lipinski definition) is 5. The van der Waals surface area contributed by atoms with Gasteiger partial charge in [0.05, 0.1) is 11.5 Å². The summed E-state index contributed by atoms with van der Waals surface area (Å²) >= 11 is 1.40. The highest BCUT2D eigenvalue weighted by Crippen LogP contribution is 2.35. The molecule has 0 unspecified atom stereocenters. The first-order valence-electron chi connectivity index (χ1n) is 10.5. The molecule has 2 aliphatic rings. The molecule has 0 saturated carbocycles. The predicted octanol–water partition coefficient (Wildman–Crippen LogP) is 4.44. The first kappa shape index (κ1) is 21.7. The Labute approximate surface area is 186 Å². The summed E-state index contributed by atoms with van der Waals surface area (Å²) < 4.78 is 13.4. The Morgan fingerprint density at radius 2 is 1.84 bits per heavy atom. The second-order valence-electron chi connectivity index (χ2n) is 8.33. The molecule has 2 aromatic rings. The maximum atomic E-state index is 13.4. The van der Waals surface area contributed by atoms with Crippen molar-refractivity contribution in [1.29, 1.82) is 0 Å². The monoisotopic (exact) mass is 438 g/mol. The smallest absolute Gasteiger partial charge is 0.234 e. The number of likely N-dealkylation sites (tertiary alicyclic amines) is 1. The van der Waals surface area contributed by atoms with Crippen LogP contribution < -0.4 is 5.32 Å². The summed E-state index contributed by atoms with van der Waals surface area (Å²) in [5, 5.41) is 3.75. The van der Waals surface area contributed by atoms with Crippen LogP contribution in [0.4, 0.5) is 10.1 Å². The van der Waals surface area contributed by atoms with Crippen LogP contribution in [-0.4, -0.2) is 53.1 Å². The van der Waals surface area contributed by atoms with Crippen molar-refractivity contribution in [2.45, 2.75) is 32.4 Å². The first-order chi connectivity index (χ1) is 14.8. The summed E-state index contributed by atoms with van der Waals surface area (Å²) in [5.41, 5.74) is 4.14. The van der Waals surface area contributed by atoms with Crippen molar-refractivity contribution in [2.24, 2.45) is 9.98 Å². The normalized spacial score (nSPS) is 18.1. The van der Waals surface area contributed by atoms with Crippen molar-refractivity contribution in [3.63, 3.8) is 0 Å². The van der Waals surface area contributed by atoms with Gasteiger partial charge in [0.1, 0.15) is 10.9 Å². The van der Waals surface area contributed by atoms with E-state index in [0.717, 1.165) is 59.1 Å². The van der Waals surface area contributed by atoms with Gasteiger partial charge in [-0.2, -0.15) is 0 Å². The van der Waals surface area contributed by atoms with Gasteiger partial charge >= 0.3 is 0 Å². The Kier molecular flexibility index (Phi) is 6.25. The van der Waals surface area contributed by atoms with Gasteiger partial charge in [-0.1, -0.05) is 29.5 Å². The van der Waals surface area contributed by atoms with E-state index >= 15 is 0 Å². The SMILES string of the molecule is Cc1ccc(NC(=O)CSC2=NC3(CCN(C)CC3)N=C2c2ccc(F)cc2)c(C)c1. The number of carbonyl (C=O) groups excluding carboxylic acids is 1. The minimum atomic E-state index is -0.470. The fourth-order valence-corrected chi connectivity index (χ4v) is 4.77. The molecule has 1 saturated heterocycles. The van der Waals surface area contributed by atoms with Crippen molar-refractivity contribution in [2.75, 3.05) is 31.2 Å². The van der Waals surface area contributed by atoms with Crippen LogP contribution in [0.15, 0.2) is 52.4 Å². The third-order valence-electron chi connectivity index (χ3n) is 5.73. The molecule has 1 N–H and O–H groups in total. The van der Waals surface area contributed by atoms with Crippen LogP contribution in [0.3, 0.4) is 0 Å². The Hall–Kier alpha value is -2.51. The number of anilines is 1. The Morgan fingerprint density at radius 1 is 1.13 bits per heavy atom. The zero-order valence-corrected chi connectivity index (χ0v) is 18.9. The fourth-order valence-electron chi connectivity index (χ4n) is 3.89. The van der Waals surface area contributed by atoms with Crippen LogP contribution in [0.1, 0.15) is 29.5 Å². The van der Waals surface area contributed by atoms with E-state index in [4.69, 9.17) is 9.98 Å². The highest BCUT2D eigenvalue weighted by atomic mass is 32.2. The van der Waals surface area contributed by atoms with Crippen LogP contribution in [0, 0.1) is 19.7 Å². The molecular weight excluding hydrogens is 411 g/mol. The van der Waals surface area contributed by atoms with Gasteiger partial charge in [-0.05, 0) is 56.8 Å². The maximum absolute atomic E-state index is 13.4. The van der Waals surface area contributed by atoms with Gasteiger partial charge in [-0.3, -0.25) is 9.79 Å². The van der Waals surface area contributed by atoms with Crippen LogP contribution in [0.5, 0.6) is 0 Å². The van der Waals surface area contributed by atoms with Gasteiger partial charge in [-0.25, -0.2) is 9.38 Å². The number of nitrogens with zero attached hydrogens (tertiary/aromatic N) is 3. The number of hydrogen-bond donors (Lipinski definition) is 1. The summed E-state index contributed by atoms with van der Waals surface area (Å²) in [7, 11) is 2.10. The number of benzene rings is 2. The van der Waals surface area contributed by atoms with Gasteiger partial charge in [0.2, 0.25) is 5.91 Å². The zero-order valence-electron chi connectivity index (χ0n) is 18.1. The summed E-state index contributed by atoms with van der Waals surface area (Å²) in [5.74, 6) is -0.125. The van der Waals surface area contributed by atoms with Crippen molar-refractivity contribution >= 4 is 34.1 Å². The molecule has 0 atom stereocenters. The molecule has 7 heteroatoms. The number of halogens is 1. The molecule has 0 radical (unpaired) electrons. The lowest BCUT2D eigenvalue weighted by Crippen LogP contribution is -2.39. The molecule has 2 heterocycles. The third kappa shape index (κ3) is 5.05. The molecule has 162 valence electrons. The molecule has 2 aromatic carbocycles. The van der Waals surface area contributed by atoms with E-state index in [1.54, 1.807) is 12.1 Å². The number of aryl methyl sites for hydroxylation is 2. The molecule has 1 amide bonds. The van der Waals surface area contributed by atoms with Gasteiger partial charge in [0.15, 0.2) is 5.66 Å². The van der Waals surface area contributed by atoms with Crippen LogP contribution in [-0.2, 0) is 4.79 Å². The van der Waals surface area contributed by atoms with Crippen LogP contribution in [0.25, 0.3) is 0 Å². The average Bonchev–Trinajstić information content (AvgIpc) is 3.10. The molecule has 0 aromatic heterocycles. The first-order valence-corrected chi connectivity index (χ1v) is 11.5. The highest BCUT2D eigenvalue weighted by molar-refractivity contribution is 8.16. The summed E-state index contributed by atoms with van der Waals surface area (Å²) in [6.07, 6.45) is 1.68. The Bertz CT molecular complexity index is 1040. The topological polar surface area (TPSA) is 57.1 Å². The van der Waals surface area contributed by atoms with E-state index in [9.17, 15) is 9.18 Å². The number of piperidine rings is 1. The standard InChI is InChI=1S/C24H27FN4OS/c1-16-4-9-20(17(2)14-16)26-21(30)15-31-23-22(18-5-7-19(25)8-6-18)27-24(28-23)10-12-29(3)13-11-24/h4-9,14H,10-13,15H2,1-3H3,(H,26,30). The third-order valence-corrected chi connectivity index (χ3v) is 6.70. The number of rotatable bonds is 4. The molecule has 2 aliphatic heterocycles. The lowest BCUT2D eigenvalue weighted by molar-refractivity contribution is -0.113. The fraction of sp³-hybridized carbons (Fsp3) is 0.375. The largest absolute Gasteiger partial charge is 0.325 e. The molecule has 31 heavy (non-hydrogen) atoms. The van der Waals surface area contributed by atoms with E-state index in [2.05, 4.69) is 17.3 Å². The molecular formula is C24H27FN4OS. The number of nitrogens with one attached hydrogen (secondary N) is 1. The zero-order chi connectivity index (χ0) is 22.0.